The van der Waals surface area contributed by atoms with E-state index in [9.17, 15) is 4.79 Å². The Labute approximate surface area is 92.9 Å². The first kappa shape index (κ1) is 10.8. The van der Waals surface area contributed by atoms with Gasteiger partial charge >= 0.3 is 5.97 Å². The maximum absolute atomic E-state index is 10.6. The number of hydrogen-bond acceptors (Lipinski definition) is 5. The van der Waals surface area contributed by atoms with Gasteiger partial charge in [0.1, 0.15) is 0 Å². The summed E-state index contributed by atoms with van der Waals surface area (Å²) < 4.78 is 5.32. The van der Waals surface area contributed by atoms with Gasteiger partial charge in [0.05, 0.1) is 6.61 Å². The van der Waals surface area contributed by atoms with Crippen molar-refractivity contribution in [3.63, 3.8) is 0 Å². The zero-order chi connectivity index (χ0) is 11.4. The number of carboxylic acid groups (broad SMARTS) is 1. The summed E-state index contributed by atoms with van der Waals surface area (Å²) in [7, 11) is 0. The molecule has 6 heteroatoms. The van der Waals surface area contributed by atoms with Gasteiger partial charge in [0.25, 0.3) is 0 Å². The molecule has 0 unspecified atom stereocenters. The molecule has 0 bridgehead atoms. The first-order valence-corrected chi connectivity index (χ1v) is 5.17. The second-order valence-corrected chi connectivity index (χ2v) is 3.53. The molecule has 86 valence electrons. The van der Waals surface area contributed by atoms with Crippen LogP contribution < -0.4 is 4.90 Å². The van der Waals surface area contributed by atoms with Gasteiger partial charge < -0.3 is 14.7 Å². The Morgan fingerprint density at radius 1 is 1.31 bits per heavy atom. The molecular formula is C10H13N3O3. The molecule has 0 aliphatic carbocycles. The Bertz CT molecular complexity index is 358. The van der Waals surface area contributed by atoms with Crippen molar-refractivity contribution in [1.29, 1.82) is 0 Å². The fraction of sp³-hybridized carbons (Fsp3) is 0.500. The molecule has 1 aromatic rings. The molecule has 0 aromatic carbocycles. The number of ether oxygens (including phenoxy) is 1. The van der Waals surface area contributed by atoms with Crippen LogP contribution in [0.2, 0.25) is 0 Å². The first-order chi connectivity index (χ1) is 7.77. The summed E-state index contributed by atoms with van der Waals surface area (Å²) in [5.41, 5.74) is -0.0326. The van der Waals surface area contributed by atoms with Gasteiger partial charge in [-0.15, -0.1) is 10.2 Å². The average Bonchev–Trinajstić information content (AvgIpc) is 2.57. The van der Waals surface area contributed by atoms with Gasteiger partial charge in [0.15, 0.2) is 11.5 Å². The predicted molar refractivity (Wildman–Crippen MR) is 56.6 cm³/mol. The quantitative estimate of drug-likeness (QED) is 0.782. The smallest absolute Gasteiger partial charge is 0.356 e. The van der Waals surface area contributed by atoms with Crippen LogP contribution in [-0.4, -0.2) is 47.6 Å². The van der Waals surface area contributed by atoms with Gasteiger partial charge in [0.2, 0.25) is 0 Å². The van der Waals surface area contributed by atoms with Crippen molar-refractivity contribution in [3.05, 3.63) is 17.8 Å². The molecule has 0 atom stereocenters. The van der Waals surface area contributed by atoms with Crippen LogP contribution in [0.25, 0.3) is 0 Å². The molecule has 1 aromatic heterocycles. The van der Waals surface area contributed by atoms with E-state index in [2.05, 4.69) is 10.2 Å². The van der Waals surface area contributed by atoms with E-state index >= 15 is 0 Å². The summed E-state index contributed by atoms with van der Waals surface area (Å²) in [5.74, 6) is -0.353. The lowest BCUT2D eigenvalue weighted by Gasteiger charge is -2.19. The number of hydrogen-bond donors (Lipinski definition) is 1. The average molecular weight is 223 g/mol. The number of carbonyl (C=O) groups is 1. The van der Waals surface area contributed by atoms with E-state index in [4.69, 9.17) is 9.84 Å². The van der Waals surface area contributed by atoms with Gasteiger partial charge in [-0.05, 0) is 18.6 Å². The molecule has 1 aliphatic rings. The zero-order valence-electron chi connectivity index (χ0n) is 8.80. The van der Waals surface area contributed by atoms with Crippen LogP contribution in [-0.2, 0) is 4.74 Å². The maximum atomic E-state index is 10.6. The highest BCUT2D eigenvalue weighted by atomic mass is 16.5. The minimum atomic E-state index is -1.06. The molecule has 0 radical (unpaired) electrons. The number of rotatable bonds is 2. The van der Waals surface area contributed by atoms with E-state index in [1.165, 1.54) is 6.07 Å². The Hall–Kier alpha value is -1.69. The fourth-order valence-electron chi connectivity index (χ4n) is 1.58. The predicted octanol–water partition coefficient (Wildman–Crippen LogP) is 0.401. The number of aromatic carboxylic acids is 1. The Morgan fingerprint density at radius 2 is 2.19 bits per heavy atom. The van der Waals surface area contributed by atoms with Crippen molar-refractivity contribution in [1.82, 2.24) is 10.2 Å². The second-order valence-electron chi connectivity index (χ2n) is 3.53. The monoisotopic (exact) mass is 223 g/mol. The number of anilines is 1. The van der Waals surface area contributed by atoms with Crippen LogP contribution in [0.1, 0.15) is 16.9 Å². The molecule has 0 spiro atoms. The molecule has 6 nitrogen and oxygen atoms in total. The molecule has 2 heterocycles. The molecule has 16 heavy (non-hydrogen) atoms. The third kappa shape index (κ3) is 2.46. The topological polar surface area (TPSA) is 75.5 Å². The molecule has 0 saturated carbocycles. The van der Waals surface area contributed by atoms with Crippen LogP contribution in [0.3, 0.4) is 0 Å². The van der Waals surface area contributed by atoms with Crippen molar-refractivity contribution in [2.24, 2.45) is 0 Å². The molecule has 1 fully saturated rings. The highest BCUT2D eigenvalue weighted by molar-refractivity contribution is 5.85. The SMILES string of the molecule is O=C(O)c1ccc(N2CCCOCC2)nn1. The number of nitrogens with zero attached hydrogens (tertiary/aromatic N) is 3. The molecule has 1 N–H and O–H groups in total. The van der Waals surface area contributed by atoms with Gasteiger partial charge in [-0.3, -0.25) is 0 Å². The van der Waals surface area contributed by atoms with Crippen LogP contribution in [0, 0.1) is 0 Å². The summed E-state index contributed by atoms with van der Waals surface area (Å²) in [5, 5.41) is 16.3. The minimum absolute atomic E-state index is 0.0326. The summed E-state index contributed by atoms with van der Waals surface area (Å²) in [6, 6.07) is 3.15. The second kappa shape index (κ2) is 4.89. The van der Waals surface area contributed by atoms with E-state index in [-0.39, 0.29) is 5.69 Å². The third-order valence-corrected chi connectivity index (χ3v) is 2.42. The van der Waals surface area contributed by atoms with Gasteiger partial charge in [-0.2, -0.15) is 0 Å². The molecule has 2 rings (SSSR count). The molecule has 0 amide bonds. The van der Waals surface area contributed by atoms with E-state index < -0.39 is 5.97 Å². The van der Waals surface area contributed by atoms with Crippen LogP contribution in [0.15, 0.2) is 12.1 Å². The van der Waals surface area contributed by atoms with Crippen LogP contribution in [0.4, 0.5) is 5.82 Å². The van der Waals surface area contributed by atoms with Gasteiger partial charge in [0, 0.05) is 19.7 Å². The van der Waals surface area contributed by atoms with Crippen molar-refractivity contribution >= 4 is 11.8 Å². The van der Waals surface area contributed by atoms with Gasteiger partial charge in [-0.1, -0.05) is 0 Å². The third-order valence-electron chi connectivity index (χ3n) is 2.42. The van der Waals surface area contributed by atoms with Crippen LogP contribution >= 0.6 is 0 Å². The van der Waals surface area contributed by atoms with E-state index in [0.29, 0.717) is 12.4 Å². The lowest BCUT2D eigenvalue weighted by Crippen LogP contribution is -2.27. The normalized spacial score (nSPS) is 16.9. The van der Waals surface area contributed by atoms with Gasteiger partial charge in [-0.25, -0.2) is 4.79 Å². The largest absolute Gasteiger partial charge is 0.476 e. The molecular weight excluding hydrogens is 210 g/mol. The van der Waals surface area contributed by atoms with E-state index in [1.54, 1.807) is 6.07 Å². The summed E-state index contributed by atoms with van der Waals surface area (Å²) in [6.45, 7) is 3.06. The lowest BCUT2D eigenvalue weighted by atomic mass is 10.3. The number of carboxylic acids is 1. The number of aromatic nitrogens is 2. The Kier molecular flexibility index (Phi) is 3.31. The van der Waals surface area contributed by atoms with Crippen molar-refractivity contribution in [2.75, 3.05) is 31.2 Å². The highest BCUT2D eigenvalue weighted by Gasteiger charge is 2.12. The van der Waals surface area contributed by atoms with E-state index in [0.717, 1.165) is 26.1 Å². The summed E-state index contributed by atoms with van der Waals surface area (Å²) in [4.78, 5) is 12.7. The lowest BCUT2D eigenvalue weighted by molar-refractivity contribution is 0.0689. The Morgan fingerprint density at radius 3 is 2.88 bits per heavy atom. The minimum Gasteiger partial charge on any atom is -0.476 e. The zero-order valence-corrected chi connectivity index (χ0v) is 8.80. The maximum Gasteiger partial charge on any atom is 0.356 e. The summed E-state index contributed by atoms with van der Waals surface area (Å²) in [6.07, 6.45) is 0.947. The molecule has 1 saturated heterocycles. The fourth-order valence-corrected chi connectivity index (χ4v) is 1.58. The van der Waals surface area contributed by atoms with Crippen molar-refractivity contribution in [2.45, 2.75) is 6.42 Å². The summed E-state index contributed by atoms with van der Waals surface area (Å²) >= 11 is 0. The first-order valence-electron chi connectivity index (χ1n) is 5.17. The van der Waals surface area contributed by atoms with Crippen LogP contribution in [0.5, 0.6) is 0 Å². The van der Waals surface area contributed by atoms with E-state index in [1.807, 2.05) is 4.90 Å². The van der Waals surface area contributed by atoms with Crippen molar-refractivity contribution < 1.29 is 14.6 Å². The standard InChI is InChI=1S/C10H13N3O3/c14-10(15)8-2-3-9(12-11-8)13-4-1-6-16-7-5-13/h2-3H,1,4-7H2,(H,14,15). The Balaban J connectivity index is 2.10. The molecule has 1 aliphatic heterocycles. The highest BCUT2D eigenvalue weighted by Crippen LogP contribution is 2.11. The van der Waals surface area contributed by atoms with Crippen molar-refractivity contribution in [3.8, 4) is 0 Å².